The van der Waals surface area contributed by atoms with Gasteiger partial charge in [0.1, 0.15) is 11.2 Å². The molecule has 120 valence electrons. The molecule has 20 heavy (non-hydrogen) atoms. The van der Waals surface area contributed by atoms with Gasteiger partial charge in [0.25, 0.3) is 0 Å². The van der Waals surface area contributed by atoms with E-state index in [0.29, 0.717) is 0 Å². The second-order valence-electron chi connectivity index (χ2n) is 8.70. The predicted molar refractivity (Wildman–Crippen MR) is 79.7 cm³/mol. The lowest BCUT2D eigenvalue weighted by molar-refractivity contribution is 0.130. The predicted octanol–water partition coefficient (Wildman–Crippen LogP) is 2.37. The van der Waals surface area contributed by atoms with Gasteiger partial charge >= 0.3 is 0 Å². The molecule has 4 nitrogen and oxygen atoms in total. The van der Waals surface area contributed by atoms with Gasteiger partial charge < -0.3 is 19.7 Å². The van der Waals surface area contributed by atoms with Crippen LogP contribution in [0.1, 0.15) is 54.9 Å². The summed E-state index contributed by atoms with van der Waals surface area (Å²) < 4.78 is 10.5. The second-order valence-corrected chi connectivity index (χ2v) is 8.70. The third-order valence-electron chi connectivity index (χ3n) is 3.68. The van der Waals surface area contributed by atoms with Crippen molar-refractivity contribution in [2.45, 2.75) is 72.2 Å². The first-order valence-corrected chi connectivity index (χ1v) is 7.41. The summed E-state index contributed by atoms with van der Waals surface area (Å²) >= 11 is 0. The van der Waals surface area contributed by atoms with Crippen molar-refractivity contribution >= 4 is 0 Å². The van der Waals surface area contributed by atoms with Crippen LogP contribution in [0.15, 0.2) is 0 Å². The van der Waals surface area contributed by atoms with E-state index in [1.54, 1.807) is 0 Å². The smallest absolute Gasteiger partial charge is 0.115 e. The number of hydrogen-bond acceptors (Lipinski definition) is 4. The SMILES string of the molecule is CC(C)(C)C1OC1(C)CO.CC(C)(C)CC1(CO)CO1. The van der Waals surface area contributed by atoms with Gasteiger partial charge in [0, 0.05) is 0 Å². The summed E-state index contributed by atoms with van der Waals surface area (Å²) in [6.07, 6.45) is 1.18. The molecular weight excluding hydrogens is 256 g/mol. The maximum absolute atomic E-state index is 8.89. The van der Waals surface area contributed by atoms with Gasteiger partial charge in [-0.25, -0.2) is 0 Å². The van der Waals surface area contributed by atoms with Crippen LogP contribution in [0.5, 0.6) is 0 Å². The first kappa shape index (κ1) is 17.9. The van der Waals surface area contributed by atoms with Crippen molar-refractivity contribution in [3.05, 3.63) is 0 Å². The molecule has 2 aliphatic heterocycles. The number of aliphatic hydroxyl groups excluding tert-OH is 2. The fourth-order valence-electron chi connectivity index (χ4n) is 2.77. The first-order chi connectivity index (χ1) is 8.87. The van der Waals surface area contributed by atoms with Crippen molar-refractivity contribution < 1.29 is 19.7 Å². The van der Waals surface area contributed by atoms with Crippen LogP contribution in [0.2, 0.25) is 0 Å². The fraction of sp³-hybridized carbons (Fsp3) is 1.00. The van der Waals surface area contributed by atoms with Crippen LogP contribution >= 0.6 is 0 Å². The summed E-state index contributed by atoms with van der Waals surface area (Å²) in [6.45, 7) is 15.8. The number of rotatable bonds is 3. The molecule has 0 spiro atoms. The Morgan fingerprint density at radius 3 is 1.65 bits per heavy atom. The number of aliphatic hydroxyl groups is 2. The van der Waals surface area contributed by atoms with E-state index in [-0.39, 0.29) is 41.3 Å². The van der Waals surface area contributed by atoms with E-state index in [9.17, 15) is 0 Å². The van der Waals surface area contributed by atoms with E-state index in [1.807, 2.05) is 6.92 Å². The topological polar surface area (TPSA) is 65.5 Å². The number of hydrogen-bond donors (Lipinski definition) is 2. The molecule has 2 N–H and O–H groups in total. The van der Waals surface area contributed by atoms with E-state index in [0.717, 1.165) is 13.0 Å². The minimum absolute atomic E-state index is 0.134. The molecule has 2 fully saturated rings. The summed E-state index contributed by atoms with van der Waals surface area (Å²) in [5.41, 5.74) is 0.00715. The van der Waals surface area contributed by atoms with Crippen LogP contribution in [0, 0.1) is 10.8 Å². The van der Waals surface area contributed by atoms with Crippen LogP contribution in [0.25, 0.3) is 0 Å². The minimum Gasteiger partial charge on any atom is -0.393 e. The third-order valence-corrected chi connectivity index (χ3v) is 3.68. The van der Waals surface area contributed by atoms with Crippen molar-refractivity contribution in [2.24, 2.45) is 10.8 Å². The zero-order valence-electron chi connectivity index (χ0n) is 14.1. The maximum atomic E-state index is 8.89. The maximum Gasteiger partial charge on any atom is 0.115 e. The molecule has 0 aromatic rings. The minimum atomic E-state index is -0.252. The Balaban J connectivity index is 0.000000200. The molecule has 0 aromatic heterocycles. The van der Waals surface area contributed by atoms with E-state index < -0.39 is 0 Å². The van der Waals surface area contributed by atoms with Gasteiger partial charge in [-0.3, -0.25) is 0 Å². The highest BCUT2D eigenvalue weighted by molar-refractivity contribution is 5.04. The molecule has 0 aromatic carbocycles. The second kappa shape index (κ2) is 5.56. The molecule has 2 saturated heterocycles. The number of ether oxygens (including phenoxy) is 2. The largest absolute Gasteiger partial charge is 0.393 e. The van der Waals surface area contributed by atoms with Crippen molar-refractivity contribution in [1.29, 1.82) is 0 Å². The summed E-state index contributed by atoms with van der Waals surface area (Å²) in [5, 5.41) is 17.8. The van der Waals surface area contributed by atoms with Crippen molar-refractivity contribution in [1.82, 2.24) is 0 Å². The third kappa shape index (κ3) is 4.99. The molecule has 3 unspecified atom stereocenters. The molecule has 0 amide bonds. The molecule has 0 bridgehead atoms. The van der Waals surface area contributed by atoms with E-state index in [1.165, 1.54) is 0 Å². The first-order valence-electron chi connectivity index (χ1n) is 7.41. The van der Waals surface area contributed by atoms with Gasteiger partial charge in [-0.05, 0) is 24.2 Å². The van der Waals surface area contributed by atoms with Crippen molar-refractivity contribution in [2.75, 3.05) is 19.8 Å². The Morgan fingerprint density at radius 2 is 1.55 bits per heavy atom. The summed E-state index contributed by atoms with van der Waals surface area (Å²) in [6, 6.07) is 0. The molecule has 0 saturated carbocycles. The molecule has 2 heterocycles. The highest BCUT2D eigenvalue weighted by Crippen LogP contribution is 2.46. The van der Waals surface area contributed by atoms with Crippen LogP contribution in [0.4, 0.5) is 0 Å². The Labute approximate surface area is 123 Å². The van der Waals surface area contributed by atoms with Crippen LogP contribution < -0.4 is 0 Å². The zero-order valence-corrected chi connectivity index (χ0v) is 14.1. The van der Waals surface area contributed by atoms with Gasteiger partial charge in [0.15, 0.2) is 0 Å². The molecule has 2 aliphatic rings. The normalized spacial score (nSPS) is 36.1. The molecular formula is C16H32O4. The molecule has 4 heteroatoms. The lowest BCUT2D eigenvalue weighted by Gasteiger charge is -2.21. The summed E-state index contributed by atoms with van der Waals surface area (Å²) in [7, 11) is 0. The van der Waals surface area contributed by atoms with Crippen molar-refractivity contribution in [3.8, 4) is 0 Å². The number of epoxide rings is 2. The van der Waals surface area contributed by atoms with Crippen molar-refractivity contribution in [3.63, 3.8) is 0 Å². The lowest BCUT2D eigenvalue weighted by atomic mass is 9.85. The standard InChI is InChI=1S/2C8H16O2/c1-7(2,3)6-8(4,5-9)10-6;1-7(2,3)4-8(5-9)6-10-8/h6,9H,5H2,1-4H3;9H,4-6H2,1-3H3. The van der Waals surface area contributed by atoms with E-state index in [4.69, 9.17) is 19.7 Å². The van der Waals surface area contributed by atoms with Crippen LogP contribution in [0.3, 0.4) is 0 Å². The lowest BCUT2D eigenvalue weighted by Crippen LogP contribution is -2.24. The van der Waals surface area contributed by atoms with E-state index >= 15 is 0 Å². The highest BCUT2D eigenvalue weighted by Gasteiger charge is 2.57. The average Bonchev–Trinajstić information content (AvgIpc) is 3.15. The molecule has 0 radical (unpaired) electrons. The van der Waals surface area contributed by atoms with E-state index in [2.05, 4.69) is 41.5 Å². The van der Waals surface area contributed by atoms with Gasteiger partial charge in [0.2, 0.25) is 0 Å². The Hall–Kier alpha value is -0.160. The molecule has 0 aliphatic carbocycles. The van der Waals surface area contributed by atoms with Gasteiger partial charge in [0.05, 0.1) is 25.9 Å². The van der Waals surface area contributed by atoms with Gasteiger partial charge in [-0.15, -0.1) is 0 Å². The Kier molecular flexibility index (Phi) is 4.97. The summed E-state index contributed by atoms with van der Waals surface area (Å²) in [4.78, 5) is 0. The van der Waals surface area contributed by atoms with Gasteiger partial charge in [-0.1, -0.05) is 41.5 Å². The average molecular weight is 288 g/mol. The quantitative estimate of drug-likeness (QED) is 0.783. The highest BCUT2D eigenvalue weighted by atomic mass is 16.6. The Bertz CT molecular complexity index is 320. The molecule has 2 rings (SSSR count). The molecule has 3 atom stereocenters. The van der Waals surface area contributed by atoms with Crippen LogP contribution in [-0.2, 0) is 9.47 Å². The summed E-state index contributed by atoms with van der Waals surface area (Å²) in [5.74, 6) is 0. The van der Waals surface area contributed by atoms with Gasteiger partial charge in [-0.2, -0.15) is 0 Å². The monoisotopic (exact) mass is 288 g/mol. The zero-order chi connectivity index (χ0) is 15.8. The van der Waals surface area contributed by atoms with Crippen LogP contribution in [-0.4, -0.2) is 47.3 Å². The Morgan fingerprint density at radius 1 is 1.05 bits per heavy atom. The fourth-order valence-corrected chi connectivity index (χ4v) is 2.77.